The van der Waals surface area contributed by atoms with Crippen molar-refractivity contribution < 1.29 is 0 Å². The molecule has 1 aromatic rings. The highest BCUT2D eigenvalue weighted by molar-refractivity contribution is 14.0. The summed E-state index contributed by atoms with van der Waals surface area (Å²) in [6.45, 7) is 10.5. The topological polar surface area (TPSA) is 39.7 Å². The first kappa shape index (κ1) is 21.2. The molecule has 1 aliphatic heterocycles. The van der Waals surface area contributed by atoms with Crippen LogP contribution in [0.5, 0.6) is 0 Å². The van der Waals surface area contributed by atoms with Crippen molar-refractivity contribution in [3.05, 3.63) is 35.4 Å². The van der Waals surface area contributed by atoms with Gasteiger partial charge < -0.3 is 10.6 Å². The molecule has 0 fully saturated rings. The molecule has 0 bridgehead atoms. The van der Waals surface area contributed by atoms with E-state index >= 15 is 0 Å². The van der Waals surface area contributed by atoms with Crippen LogP contribution in [-0.2, 0) is 13.0 Å². The summed E-state index contributed by atoms with van der Waals surface area (Å²) < 4.78 is 0. The van der Waals surface area contributed by atoms with Gasteiger partial charge in [0.1, 0.15) is 0 Å². The van der Waals surface area contributed by atoms with E-state index in [4.69, 9.17) is 0 Å². The van der Waals surface area contributed by atoms with Crippen LogP contribution in [0.1, 0.15) is 44.2 Å². The number of aliphatic imine (C=N–C) groups is 1. The van der Waals surface area contributed by atoms with Gasteiger partial charge in [0.05, 0.1) is 0 Å². The van der Waals surface area contributed by atoms with Gasteiger partial charge in [-0.3, -0.25) is 9.89 Å². The van der Waals surface area contributed by atoms with E-state index in [-0.39, 0.29) is 24.0 Å². The number of unbranched alkanes of at least 4 members (excludes halogenated alkanes) is 1. The summed E-state index contributed by atoms with van der Waals surface area (Å²) in [5.74, 6) is 0.963. The minimum absolute atomic E-state index is 0. The van der Waals surface area contributed by atoms with Gasteiger partial charge in [0.15, 0.2) is 5.96 Å². The highest BCUT2D eigenvalue weighted by Crippen LogP contribution is 2.18. The van der Waals surface area contributed by atoms with Crippen molar-refractivity contribution >= 4 is 29.9 Å². The number of nitrogens with zero attached hydrogens (tertiary/aromatic N) is 2. The quantitative estimate of drug-likeness (QED) is 0.280. The monoisotopic (exact) mass is 444 g/mol. The van der Waals surface area contributed by atoms with E-state index in [1.54, 1.807) is 0 Å². The number of halogens is 1. The highest BCUT2D eigenvalue weighted by Gasteiger charge is 2.14. The number of nitrogens with one attached hydrogen (secondary N) is 2. The van der Waals surface area contributed by atoms with Crippen LogP contribution in [0.2, 0.25) is 0 Å². The summed E-state index contributed by atoms with van der Waals surface area (Å²) in [5, 5.41) is 6.72. The maximum absolute atomic E-state index is 4.68. The van der Waals surface area contributed by atoms with Crippen molar-refractivity contribution in [1.82, 2.24) is 15.5 Å². The van der Waals surface area contributed by atoms with Gasteiger partial charge in [-0.15, -0.1) is 24.0 Å². The molecule has 2 N–H and O–H groups in total. The van der Waals surface area contributed by atoms with E-state index in [9.17, 15) is 0 Å². The normalized spacial score (nSPS) is 14.7. The second-order valence-electron chi connectivity index (χ2n) is 6.19. The Labute approximate surface area is 164 Å². The maximum atomic E-state index is 4.68. The molecule has 1 heterocycles. The van der Waals surface area contributed by atoms with Crippen LogP contribution in [0.15, 0.2) is 29.3 Å². The number of benzene rings is 1. The van der Waals surface area contributed by atoms with Crippen molar-refractivity contribution in [2.24, 2.45) is 4.99 Å². The predicted octanol–water partition coefficient (Wildman–Crippen LogP) is 3.41. The second-order valence-corrected chi connectivity index (χ2v) is 6.19. The summed E-state index contributed by atoms with van der Waals surface area (Å²) in [6, 6.07) is 8.83. The average Bonchev–Trinajstić information content (AvgIpc) is 2.58. The van der Waals surface area contributed by atoms with E-state index in [0.29, 0.717) is 0 Å². The van der Waals surface area contributed by atoms with Crippen LogP contribution in [0, 0.1) is 0 Å². The summed E-state index contributed by atoms with van der Waals surface area (Å²) >= 11 is 0. The average molecular weight is 444 g/mol. The first-order valence-corrected chi connectivity index (χ1v) is 9.14. The highest BCUT2D eigenvalue weighted by atomic mass is 127. The lowest BCUT2D eigenvalue weighted by Gasteiger charge is -2.28. The molecule has 2 rings (SSSR count). The lowest BCUT2D eigenvalue weighted by atomic mass is 10.00. The molecule has 0 saturated heterocycles. The zero-order valence-electron chi connectivity index (χ0n) is 15.2. The van der Waals surface area contributed by atoms with E-state index in [2.05, 4.69) is 58.6 Å². The van der Waals surface area contributed by atoms with E-state index in [0.717, 1.165) is 45.1 Å². The van der Waals surface area contributed by atoms with Crippen LogP contribution < -0.4 is 10.6 Å². The molecule has 1 aromatic carbocycles. The molecule has 0 aromatic heterocycles. The maximum Gasteiger partial charge on any atom is 0.191 e. The van der Waals surface area contributed by atoms with Crippen molar-refractivity contribution in [2.75, 3.05) is 32.7 Å². The number of guanidine groups is 1. The minimum atomic E-state index is 0. The molecular formula is C19H33IN4. The fourth-order valence-corrected chi connectivity index (χ4v) is 2.96. The molecule has 0 amide bonds. The van der Waals surface area contributed by atoms with Crippen molar-refractivity contribution in [3.8, 4) is 0 Å². The Balaban J connectivity index is 0.00000288. The standard InChI is InChI=1S/C19H32N4.HI/c1-3-5-12-21-19(20-4-2)22-13-8-14-23-15-11-17-9-6-7-10-18(17)16-23;/h6-7,9-10H,3-5,8,11-16H2,1-2H3,(H2,20,21,22);1H. The van der Waals surface area contributed by atoms with Crippen molar-refractivity contribution in [3.63, 3.8) is 0 Å². The molecule has 0 saturated carbocycles. The number of hydrogen-bond acceptors (Lipinski definition) is 2. The van der Waals surface area contributed by atoms with Crippen LogP contribution in [0.3, 0.4) is 0 Å². The fourth-order valence-electron chi connectivity index (χ4n) is 2.96. The predicted molar refractivity (Wildman–Crippen MR) is 114 cm³/mol. The smallest absolute Gasteiger partial charge is 0.191 e. The van der Waals surface area contributed by atoms with Crippen LogP contribution in [-0.4, -0.2) is 43.6 Å². The minimum Gasteiger partial charge on any atom is -0.357 e. The summed E-state index contributed by atoms with van der Waals surface area (Å²) in [4.78, 5) is 7.23. The molecule has 0 aliphatic carbocycles. The fraction of sp³-hybridized carbons (Fsp3) is 0.632. The van der Waals surface area contributed by atoms with Gasteiger partial charge in [-0.1, -0.05) is 37.6 Å². The molecule has 1 aliphatic rings. The first-order valence-electron chi connectivity index (χ1n) is 9.14. The lowest BCUT2D eigenvalue weighted by molar-refractivity contribution is 0.252. The molecule has 4 nitrogen and oxygen atoms in total. The molecule has 5 heteroatoms. The Morgan fingerprint density at radius 3 is 2.67 bits per heavy atom. The lowest BCUT2D eigenvalue weighted by Crippen LogP contribution is -2.38. The zero-order chi connectivity index (χ0) is 16.3. The van der Waals surface area contributed by atoms with Crippen molar-refractivity contribution in [1.29, 1.82) is 0 Å². The summed E-state index contributed by atoms with van der Waals surface area (Å²) in [6.07, 6.45) is 4.70. The molecule has 0 radical (unpaired) electrons. The molecule has 0 unspecified atom stereocenters. The van der Waals surface area contributed by atoms with Gasteiger partial charge in [-0.2, -0.15) is 0 Å². The third-order valence-electron chi connectivity index (χ3n) is 4.28. The Kier molecular flexibility index (Phi) is 11.1. The van der Waals surface area contributed by atoms with Gasteiger partial charge >= 0.3 is 0 Å². The molecular weight excluding hydrogens is 411 g/mol. The SMILES string of the molecule is CCCCNC(=NCCCN1CCc2ccccc2C1)NCC.I. The molecule has 24 heavy (non-hydrogen) atoms. The number of rotatable bonds is 8. The molecule has 136 valence electrons. The van der Waals surface area contributed by atoms with E-state index < -0.39 is 0 Å². The van der Waals surface area contributed by atoms with Gasteiger partial charge in [0.2, 0.25) is 0 Å². The zero-order valence-corrected chi connectivity index (χ0v) is 17.5. The van der Waals surface area contributed by atoms with Gasteiger partial charge in [0, 0.05) is 39.3 Å². The van der Waals surface area contributed by atoms with Gasteiger partial charge in [-0.25, -0.2) is 0 Å². The first-order chi connectivity index (χ1) is 11.3. The third kappa shape index (κ3) is 7.38. The largest absolute Gasteiger partial charge is 0.357 e. The summed E-state index contributed by atoms with van der Waals surface area (Å²) in [7, 11) is 0. The van der Waals surface area contributed by atoms with Crippen molar-refractivity contribution in [2.45, 2.75) is 46.1 Å². The van der Waals surface area contributed by atoms with Crippen LogP contribution in [0.4, 0.5) is 0 Å². The Morgan fingerprint density at radius 2 is 1.92 bits per heavy atom. The Bertz CT molecular complexity index is 490. The van der Waals surface area contributed by atoms with E-state index in [1.807, 2.05) is 0 Å². The third-order valence-corrected chi connectivity index (χ3v) is 4.28. The number of fused-ring (bicyclic) bond motifs is 1. The Hall–Kier alpha value is -0.820. The van der Waals surface area contributed by atoms with Gasteiger partial charge in [-0.05, 0) is 37.3 Å². The van der Waals surface area contributed by atoms with Crippen LogP contribution in [0.25, 0.3) is 0 Å². The molecule has 0 spiro atoms. The Morgan fingerprint density at radius 1 is 1.12 bits per heavy atom. The van der Waals surface area contributed by atoms with Gasteiger partial charge in [0.25, 0.3) is 0 Å². The second kappa shape index (κ2) is 12.5. The molecule has 0 atom stereocenters. The van der Waals surface area contributed by atoms with E-state index in [1.165, 1.54) is 36.9 Å². The number of hydrogen-bond donors (Lipinski definition) is 2. The van der Waals surface area contributed by atoms with Crippen LogP contribution >= 0.6 is 24.0 Å². The summed E-state index contributed by atoms with van der Waals surface area (Å²) in [5.41, 5.74) is 3.02.